The molecule has 0 N–H and O–H groups in total. The molecule has 1 saturated heterocycles. The number of carbonyl (C=O) groups excluding carboxylic acids is 1. The van der Waals surface area contributed by atoms with E-state index in [4.69, 9.17) is 0 Å². The zero-order chi connectivity index (χ0) is 12.5. The van der Waals surface area contributed by atoms with Crippen LogP contribution < -0.4 is 0 Å². The van der Waals surface area contributed by atoms with Crippen LogP contribution in [0.2, 0.25) is 0 Å². The predicted octanol–water partition coefficient (Wildman–Crippen LogP) is 3.86. The lowest BCUT2D eigenvalue weighted by molar-refractivity contribution is 0.0793. The molecule has 0 radical (unpaired) electrons. The lowest BCUT2D eigenvalue weighted by Crippen LogP contribution is -2.27. The fraction of sp³-hybridized carbons (Fsp3) is 0.562. The molecule has 0 saturated carbocycles. The lowest BCUT2D eigenvalue weighted by atomic mass is 9.86. The summed E-state index contributed by atoms with van der Waals surface area (Å²) < 4.78 is 0. The van der Waals surface area contributed by atoms with Gasteiger partial charge in [-0.1, -0.05) is 40.3 Å². The first kappa shape index (κ1) is 14.7. The summed E-state index contributed by atoms with van der Waals surface area (Å²) in [5, 5.41) is 0. The second kappa shape index (κ2) is 5.55. The number of hydrogen-bond donors (Lipinski definition) is 0. The number of hydrogen-bond acceptors (Lipinski definition) is 1. The molecule has 1 aromatic rings. The number of benzene rings is 1. The molecule has 1 fully saturated rings. The molecule has 1 aromatic carbocycles. The molecule has 1 amide bonds. The van der Waals surface area contributed by atoms with Gasteiger partial charge >= 0.3 is 0 Å². The molecule has 1 heterocycles. The van der Waals surface area contributed by atoms with Gasteiger partial charge in [0.25, 0.3) is 5.91 Å². The fourth-order valence-corrected chi connectivity index (χ4v) is 2.22. The Labute approximate surface area is 111 Å². The van der Waals surface area contributed by atoms with Crippen LogP contribution in [0.5, 0.6) is 0 Å². The summed E-state index contributed by atoms with van der Waals surface area (Å²) >= 11 is 0. The summed E-state index contributed by atoms with van der Waals surface area (Å²) in [5.41, 5.74) is 2.24. The zero-order valence-corrected chi connectivity index (χ0v) is 11.0. The highest BCUT2D eigenvalue weighted by Crippen LogP contribution is 2.23. The van der Waals surface area contributed by atoms with E-state index >= 15 is 0 Å². The van der Waals surface area contributed by atoms with Crippen LogP contribution in [-0.4, -0.2) is 23.9 Å². The van der Waals surface area contributed by atoms with E-state index in [2.05, 4.69) is 32.9 Å². The normalized spacial score (nSPS) is 15.4. The van der Waals surface area contributed by atoms with Crippen LogP contribution in [0.4, 0.5) is 0 Å². The Bertz CT molecular complexity index is 394. The standard InChI is InChI=1S/C15H21NO.CH4/c1-15(2,3)13-8-6-12(7-9-13)14(17)16-10-4-5-11-16;/h6-9H,4-5,10-11H2,1-3H3;1H4. The van der Waals surface area contributed by atoms with Gasteiger partial charge < -0.3 is 4.90 Å². The average molecular weight is 247 g/mol. The third-order valence-electron chi connectivity index (χ3n) is 3.39. The van der Waals surface area contributed by atoms with Crippen LogP contribution in [0.25, 0.3) is 0 Å². The Morgan fingerprint density at radius 3 is 2.00 bits per heavy atom. The van der Waals surface area contributed by atoms with Crippen molar-refractivity contribution < 1.29 is 4.79 Å². The van der Waals surface area contributed by atoms with Gasteiger partial charge in [-0.15, -0.1) is 0 Å². The third kappa shape index (κ3) is 3.12. The topological polar surface area (TPSA) is 20.3 Å². The monoisotopic (exact) mass is 247 g/mol. The largest absolute Gasteiger partial charge is 0.339 e. The summed E-state index contributed by atoms with van der Waals surface area (Å²) in [6, 6.07) is 8.06. The smallest absolute Gasteiger partial charge is 0.253 e. The van der Waals surface area contributed by atoms with Crippen LogP contribution in [0.3, 0.4) is 0 Å². The fourth-order valence-electron chi connectivity index (χ4n) is 2.22. The summed E-state index contributed by atoms with van der Waals surface area (Å²) in [4.78, 5) is 14.1. The van der Waals surface area contributed by atoms with Crippen molar-refractivity contribution in [1.82, 2.24) is 4.90 Å². The number of nitrogens with zero attached hydrogens (tertiary/aromatic N) is 1. The van der Waals surface area contributed by atoms with Gasteiger partial charge in [-0.2, -0.15) is 0 Å². The van der Waals surface area contributed by atoms with Gasteiger partial charge in [0, 0.05) is 18.7 Å². The van der Waals surface area contributed by atoms with Crippen LogP contribution in [0.1, 0.15) is 57.0 Å². The van der Waals surface area contributed by atoms with Crippen molar-refractivity contribution in [2.45, 2.75) is 46.5 Å². The molecule has 2 nitrogen and oxygen atoms in total. The van der Waals surface area contributed by atoms with Crippen molar-refractivity contribution in [2.75, 3.05) is 13.1 Å². The summed E-state index contributed by atoms with van der Waals surface area (Å²) in [7, 11) is 0. The Morgan fingerprint density at radius 1 is 1.06 bits per heavy atom. The highest BCUT2D eigenvalue weighted by Gasteiger charge is 2.20. The highest BCUT2D eigenvalue weighted by molar-refractivity contribution is 5.94. The first-order valence-corrected chi connectivity index (χ1v) is 6.38. The van der Waals surface area contributed by atoms with Crippen LogP contribution >= 0.6 is 0 Å². The minimum atomic E-state index is 0. The van der Waals surface area contributed by atoms with E-state index in [-0.39, 0.29) is 18.7 Å². The molecule has 0 aliphatic carbocycles. The van der Waals surface area contributed by atoms with Gasteiger partial charge in [-0.05, 0) is 36.0 Å². The average Bonchev–Trinajstić information content (AvgIpc) is 2.80. The maximum absolute atomic E-state index is 12.1. The lowest BCUT2D eigenvalue weighted by Gasteiger charge is -2.20. The van der Waals surface area contributed by atoms with E-state index in [1.54, 1.807) is 0 Å². The summed E-state index contributed by atoms with van der Waals surface area (Å²) in [6.45, 7) is 8.39. The summed E-state index contributed by atoms with van der Waals surface area (Å²) in [5.74, 6) is 0.183. The minimum absolute atomic E-state index is 0. The van der Waals surface area contributed by atoms with Crippen molar-refractivity contribution in [2.24, 2.45) is 0 Å². The molecular weight excluding hydrogens is 222 g/mol. The first-order valence-electron chi connectivity index (χ1n) is 6.38. The van der Waals surface area contributed by atoms with E-state index in [1.165, 1.54) is 5.56 Å². The third-order valence-corrected chi connectivity index (χ3v) is 3.39. The van der Waals surface area contributed by atoms with Crippen LogP contribution in [0, 0.1) is 0 Å². The van der Waals surface area contributed by atoms with Gasteiger partial charge in [0.05, 0.1) is 0 Å². The molecule has 0 bridgehead atoms. The van der Waals surface area contributed by atoms with Gasteiger partial charge in [-0.25, -0.2) is 0 Å². The number of carbonyl (C=O) groups is 1. The van der Waals surface area contributed by atoms with Crippen molar-refractivity contribution >= 4 is 5.91 Å². The first-order chi connectivity index (χ1) is 7.98. The SMILES string of the molecule is C.CC(C)(C)c1ccc(C(=O)N2CCCC2)cc1. The molecule has 0 aromatic heterocycles. The number of rotatable bonds is 1. The maximum Gasteiger partial charge on any atom is 0.253 e. The molecule has 100 valence electrons. The van der Waals surface area contributed by atoms with Gasteiger partial charge in [-0.3, -0.25) is 4.79 Å². The van der Waals surface area contributed by atoms with E-state index in [9.17, 15) is 4.79 Å². The minimum Gasteiger partial charge on any atom is -0.339 e. The molecular formula is C16H25NO. The van der Waals surface area contributed by atoms with Gasteiger partial charge in [0.15, 0.2) is 0 Å². The second-order valence-corrected chi connectivity index (χ2v) is 5.83. The molecule has 2 heteroatoms. The molecule has 0 spiro atoms. The second-order valence-electron chi connectivity index (χ2n) is 5.83. The molecule has 0 atom stereocenters. The van der Waals surface area contributed by atoms with Crippen LogP contribution in [-0.2, 0) is 5.41 Å². The Hall–Kier alpha value is -1.31. The predicted molar refractivity (Wildman–Crippen MR) is 77.0 cm³/mol. The Morgan fingerprint density at radius 2 is 1.56 bits per heavy atom. The number of likely N-dealkylation sites (tertiary alicyclic amines) is 1. The Kier molecular flexibility index (Phi) is 4.55. The quantitative estimate of drug-likeness (QED) is 0.738. The van der Waals surface area contributed by atoms with E-state index in [1.807, 2.05) is 17.0 Å². The molecule has 2 rings (SSSR count). The number of amides is 1. The van der Waals surface area contributed by atoms with E-state index < -0.39 is 0 Å². The van der Waals surface area contributed by atoms with Gasteiger partial charge in [0.2, 0.25) is 0 Å². The summed E-state index contributed by atoms with van der Waals surface area (Å²) in [6.07, 6.45) is 2.29. The van der Waals surface area contributed by atoms with Crippen LogP contribution in [0.15, 0.2) is 24.3 Å². The van der Waals surface area contributed by atoms with Crippen molar-refractivity contribution in [3.63, 3.8) is 0 Å². The van der Waals surface area contributed by atoms with Crippen molar-refractivity contribution in [3.8, 4) is 0 Å². The van der Waals surface area contributed by atoms with E-state index in [0.29, 0.717) is 0 Å². The van der Waals surface area contributed by atoms with Gasteiger partial charge in [0.1, 0.15) is 0 Å². The molecule has 1 aliphatic rings. The Balaban J connectivity index is 0.00000162. The highest BCUT2D eigenvalue weighted by atomic mass is 16.2. The molecule has 18 heavy (non-hydrogen) atoms. The molecule has 0 unspecified atom stereocenters. The zero-order valence-electron chi connectivity index (χ0n) is 11.0. The van der Waals surface area contributed by atoms with Crippen molar-refractivity contribution in [1.29, 1.82) is 0 Å². The maximum atomic E-state index is 12.1. The molecule has 1 aliphatic heterocycles. The van der Waals surface area contributed by atoms with Crippen molar-refractivity contribution in [3.05, 3.63) is 35.4 Å². The van der Waals surface area contributed by atoms with E-state index in [0.717, 1.165) is 31.5 Å².